The van der Waals surface area contributed by atoms with Gasteiger partial charge in [0.05, 0.1) is 45.3 Å². The van der Waals surface area contributed by atoms with Crippen molar-refractivity contribution in [1.29, 1.82) is 0 Å². The number of alkyl carbamates (subject to hydrolysis) is 2. The molecule has 0 radical (unpaired) electrons. The normalized spacial score (nSPS) is 12.5. The van der Waals surface area contributed by atoms with Crippen LogP contribution in [0.15, 0.2) is 110 Å². The molecule has 16 nitrogen and oxygen atoms in total. The van der Waals surface area contributed by atoms with E-state index in [2.05, 4.69) is 30.4 Å². The topological polar surface area (TPSA) is 185 Å². The lowest BCUT2D eigenvalue weighted by Crippen LogP contribution is -2.36. The van der Waals surface area contributed by atoms with Crippen molar-refractivity contribution in [3.63, 3.8) is 0 Å². The molecular weight excluding hydrogens is 744 g/mol. The second-order valence-electron chi connectivity index (χ2n) is 11.2. The van der Waals surface area contributed by atoms with Crippen molar-refractivity contribution in [2.24, 2.45) is 0 Å². The maximum atomic E-state index is 12.3. The fraction of sp³-hybridized carbons (Fsp3) is 0.415. The fourth-order valence-corrected chi connectivity index (χ4v) is 3.95. The summed E-state index contributed by atoms with van der Waals surface area (Å²) in [7, 11) is 0. The molecule has 57 heavy (non-hydrogen) atoms. The predicted molar refractivity (Wildman–Crippen MR) is 211 cm³/mol. The lowest BCUT2D eigenvalue weighted by atomic mass is 10.3. The largest absolute Gasteiger partial charge is 0.494 e. The van der Waals surface area contributed by atoms with Gasteiger partial charge in [-0.2, -0.15) is 0 Å². The molecule has 0 aliphatic heterocycles. The molecule has 0 spiro atoms. The molecule has 0 heterocycles. The van der Waals surface area contributed by atoms with Crippen LogP contribution in [0, 0.1) is 0 Å². The highest BCUT2D eigenvalue weighted by Gasteiger charge is 2.18. The molecule has 0 saturated heterocycles. The molecule has 0 aliphatic rings. The van der Waals surface area contributed by atoms with E-state index in [-0.39, 0.29) is 79.2 Å². The summed E-state index contributed by atoms with van der Waals surface area (Å²) >= 11 is 0. The molecule has 314 valence electrons. The van der Waals surface area contributed by atoms with Crippen molar-refractivity contribution in [2.75, 3.05) is 79.2 Å². The highest BCUT2D eigenvalue weighted by Crippen LogP contribution is 2.19. The number of hydrogen-bond acceptors (Lipinski definition) is 14. The molecule has 0 fully saturated rings. The number of carbonyl (C=O) groups is 4. The van der Waals surface area contributed by atoms with Crippen LogP contribution < -0.4 is 20.1 Å². The molecule has 2 atom stereocenters. The van der Waals surface area contributed by atoms with Gasteiger partial charge < -0.3 is 58.0 Å². The molecule has 0 aliphatic carbocycles. The van der Waals surface area contributed by atoms with Gasteiger partial charge in [-0.3, -0.25) is 0 Å². The summed E-state index contributed by atoms with van der Waals surface area (Å²) in [5.74, 6) is 1.05. The number of carbonyl (C=O) groups excluding carboxylic acids is 4. The lowest BCUT2D eigenvalue weighted by molar-refractivity contribution is -0.138. The minimum Gasteiger partial charge on any atom is -0.494 e. The van der Waals surface area contributed by atoms with E-state index in [1.807, 2.05) is 19.1 Å². The van der Waals surface area contributed by atoms with E-state index in [1.54, 1.807) is 68.5 Å². The summed E-state index contributed by atoms with van der Waals surface area (Å²) in [5, 5.41) is 5.01. The first-order chi connectivity index (χ1) is 27.6. The molecule has 1 aromatic carbocycles. The number of allylic oxidation sites excluding steroid dienone is 8. The zero-order valence-electron chi connectivity index (χ0n) is 33.0. The van der Waals surface area contributed by atoms with Crippen LogP contribution in [0.5, 0.6) is 11.5 Å². The lowest BCUT2D eigenvalue weighted by Gasteiger charge is -2.19. The summed E-state index contributed by atoms with van der Waals surface area (Å²) in [6.45, 7) is 16.5. The van der Waals surface area contributed by atoms with Gasteiger partial charge in [0.25, 0.3) is 0 Å². The Morgan fingerprint density at radius 3 is 1.68 bits per heavy atom. The maximum Gasteiger partial charge on any atom is 0.407 e. The van der Waals surface area contributed by atoms with E-state index in [0.717, 1.165) is 12.2 Å². The number of ether oxygens (including phenoxy) is 10. The number of amides is 2. The molecule has 2 amide bonds. The average Bonchev–Trinajstić information content (AvgIpc) is 3.21. The number of benzene rings is 1. The molecule has 2 N–H and O–H groups in total. The Balaban J connectivity index is 2.57. The van der Waals surface area contributed by atoms with Gasteiger partial charge in [-0.15, -0.1) is 0 Å². The Morgan fingerprint density at radius 1 is 0.684 bits per heavy atom. The smallest absolute Gasteiger partial charge is 0.407 e. The number of nitrogens with one attached hydrogen (secondary N) is 2. The molecule has 2 unspecified atom stereocenters. The second kappa shape index (κ2) is 32.3. The molecule has 0 aromatic heterocycles. The van der Waals surface area contributed by atoms with Crippen molar-refractivity contribution in [2.45, 2.75) is 33.0 Å². The Labute approximate surface area is 334 Å². The zero-order valence-corrected chi connectivity index (χ0v) is 33.0. The summed E-state index contributed by atoms with van der Waals surface area (Å²) in [5.41, 5.74) is 0. The highest BCUT2D eigenvalue weighted by molar-refractivity contribution is 5.81. The first kappa shape index (κ1) is 49.0. The van der Waals surface area contributed by atoms with Gasteiger partial charge in [0.15, 0.2) is 12.2 Å². The molecule has 1 rings (SSSR count). The highest BCUT2D eigenvalue weighted by atomic mass is 16.6. The van der Waals surface area contributed by atoms with Crippen LogP contribution in [0.1, 0.15) is 20.8 Å². The van der Waals surface area contributed by atoms with E-state index in [0.29, 0.717) is 23.0 Å². The molecular formula is C41H56N2O14. The monoisotopic (exact) mass is 800 g/mol. The summed E-state index contributed by atoms with van der Waals surface area (Å²) in [6, 6.07) is 7.01. The molecule has 1 aromatic rings. The van der Waals surface area contributed by atoms with Gasteiger partial charge in [-0.1, -0.05) is 50.1 Å². The standard InChI is InChI=1S/C41H56N2O14/c1-7-12-15-32(6)54-30-36(56-40(46)42-19-21-52-38(44)10-4)28-48-23-25-50-34-17-14-18-35(27-34)51-26-24-49-29-37(31-55-33(9-3)16-13-8-2)57-41(47)43-20-22-53-39(45)11-5/h7-18,27,36-37H,2,4-5,19-26,28-31H2,1,3,6H3,(H,42,46)(H,43,47). The van der Waals surface area contributed by atoms with Crippen LogP contribution in [0.2, 0.25) is 0 Å². The molecule has 0 saturated carbocycles. The van der Waals surface area contributed by atoms with Crippen LogP contribution in [-0.4, -0.2) is 115 Å². The van der Waals surface area contributed by atoms with Crippen LogP contribution >= 0.6 is 0 Å². The van der Waals surface area contributed by atoms with E-state index in [4.69, 9.17) is 47.4 Å². The Morgan fingerprint density at radius 2 is 1.21 bits per heavy atom. The van der Waals surface area contributed by atoms with Gasteiger partial charge in [0, 0.05) is 18.2 Å². The van der Waals surface area contributed by atoms with E-state index in [9.17, 15) is 19.2 Å². The van der Waals surface area contributed by atoms with E-state index >= 15 is 0 Å². The third kappa shape index (κ3) is 26.4. The summed E-state index contributed by atoms with van der Waals surface area (Å²) < 4.78 is 55.1. The van der Waals surface area contributed by atoms with Crippen molar-refractivity contribution in [3.05, 3.63) is 110 Å². The number of hydrogen-bond donors (Lipinski definition) is 2. The second-order valence-corrected chi connectivity index (χ2v) is 11.2. The van der Waals surface area contributed by atoms with Crippen molar-refractivity contribution in [1.82, 2.24) is 10.6 Å². The van der Waals surface area contributed by atoms with E-state index < -0.39 is 36.3 Å². The Kier molecular flexibility index (Phi) is 27.7. The van der Waals surface area contributed by atoms with Crippen molar-refractivity contribution >= 4 is 24.1 Å². The summed E-state index contributed by atoms with van der Waals surface area (Å²) in [4.78, 5) is 47.0. The van der Waals surface area contributed by atoms with Gasteiger partial charge in [0.1, 0.15) is 56.9 Å². The molecule has 16 heteroatoms. The third-order valence-electron chi connectivity index (χ3n) is 6.66. The van der Waals surface area contributed by atoms with Crippen LogP contribution in [-0.2, 0) is 47.5 Å². The van der Waals surface area contributed by atoms with Gasteiger partial charge in [0.2, 0.25) is 0 Å². The number of esters is 2. The maximum absolute atomic E-state index is 12.3. The van der Waals surface area contributed by atoms with Crippen LogP contribution in [0.3, 0.4) is 0 Å². The summed E-state index contributed by atoms with van der Waals surface area (Å²) in [6.07, 6.45) is 11.3. The van der Waals surface area contributed by atoms with Crippen molar-refractivity contribution in [3.8, 4) is 11.5 Å². The first-order valence-corrected chi connectivity index (χ1v) is 18.1. The average molecular weight is 801 g/mol. The van der Waals surface area contributed by atoms with Crippen molar-refractivity contribution < 1.29 is 66.5 Å². The fourth-order valence-electron chi connectivity index (χ4n) is 3.95. The van der Waals surface area contributed by atoms with Crippen LogP contribution in [0.4, 0.5) is 9.59 Å². The van der Waals surface area contributed by atoms with E-state index in [1.165, 1.54) is 0 Å². The van der Waals surface area contributed by atoms with Gasteiger partial charge in [-0.05, 0) is 51.1 Å². The minimum atomic E-state index is -0.775. The minimum absolute atomic E-state index is 0.00521. The first-order valence-electron chi connectivity index (χ1n) is 18.1. The van der Waals surface area contributed by atoms with Crippen LogP contribution in [0.25, 0.3) is 0 Å². The Bertz CT molecular complexity index is 1500. The van der Waals surface area contributed by atoms with Gasteiger partial charge >= 0.3 is 24.1 Å². The predicted octanol–water partition coefficient (Wildman–Crippen LogP) is 5.28. The SMILES string of the molecule is C=CC=CC(=CC)OCC(COCCOc1cccc(OCCOCC(COC(C)=CC=CC)OC(=O)NCCOC(=O)C=C)c1)OC(=O)NCCOC(=O)C=C. The molecule has 0 bridgehead atoms. The Hall–Kier alpha value is -6.00. The third-order valence-corrected chi connectivity index (χ3v) is 6.66. The zero-order chi connectivity index (χ0) is 41.9. The quantitative estimate of drug-likeness (QED) is 0.0247. The van der Waals surface area contributed by atoms with Gasteiger partial charge in [-0.25, -0.2) is 19.2 Å². The number of rotatable bonds is 31.